The number of carbonyl (C=O) groups excluding carboxylic acids is 1. The molecule has 10 heteroatoms. The van der Waals surface area contributed by atoms with E-state index in [1.165, 1.54) is 47.4 Å². The quantitative estimate of drug-likeness (QED) is 0.403. The highest BCUT2D eigenvalue weighted by atomic mass is 32.2. The highest BCUT2D eigenvalue weighted by molar-refractivity contribution is 8.01. The van der Waals surface area contributed by atoms with Crippen LogP contribution in [0.2, 0.25) is 0 Å². The number of ether oxygens (including phenoxy) is 1. The fourth-order valence-corrected chi connectivity index (χ4v) is 4.48. The van der Waals surface area contributed by atoms with Gasteiger partial charge in [-0.25, -0.2) is 0 Å². The Morgan fingerprint density at radius 2 is 1.86 bits per heavy atom. The Balaban J connectivity index is 1.78. The zero-order chi connectivity index (χ0) is 20.5. The number of Topliss-reactive ketones (excluding diaryl/α,β-unsaturated/α-hetero) is 1. The van der Waals surface area contributed by atoms with Gasteiger partial charge in [-0.2, -0.15) is 0 Å². The minimum Gasteiger partial charge on any atom is -0.406 e. The van der Waals surface area contributed by atoms with Crippen molar-refractivity contribution in [3.63, 3.8) is 0 Å². The maximum absolute atomic E-state index is 12.6. The minimum absolute atomic E-state index is 0.0470. The van der Waals surface area contributed by atoms with Crippen LogP contribution >= 0.6 is 23.1 Å². The number of benzene rings is 1. The molecule has 0 unspecified atom stereocenters. The Bertz CT molecular complexity index is 995. The van der Waals surface area contributed by atoms with Crippen molar-refractivity contribution in [2.24, 2.45) is 0 Å². The van der Waals surface area contributed by atoms with E-state index in [1.54, 1.807) is 13.0 Å². The van der Waals surface area contributed by atoms with Crippen LogP contribution in [0, 0.1) is 20.8 Å². The number of alkyl halides is 3. The molecule has 0 atom stereocenters. The highest BCUT2D eigenvalue weighted by Gasteiger charge is 2.31. The molecule has 148 valence electrons. The summed E-state index contributed by atoms with van der Waals surface area (Å²) in [5.74, 6) is -0.106. The lowest BCUT2D eigenvalue weighted by atomic mass is 10.2. The number of aryl methyl sites for hydroxylation is 2. The second kappa shape index (κ2) is 7.96. The predicted molar refractivity (Wildman–Crippen MR) is 102 cm³/mol. The first-order chi connectivity index (χ1) is 13.1. The predicted octanol–water partition coefficient (Wildman–Crippen LogP) is 5.13. The van der Waals surface area contributed by atoms with Gasteiger partial charge in [-0.15, -0.1) is 23.4 Å². The zero-order valence-corrected chi connectivity index (χ0v) is 16.8. The van der Waals surface area contributed by atoms with Crippen molar-refractivity contribution in [1.29, 1.82) is 0 Å². The standard InChI is InChI=1S/C18H16F3N3O2S2/c1-10-8-15(16(25)9-27-17-23-22-12(3)28-17)11(2)24(10)13-4-6-14(7-5-13)26-18(19,20)21/h4-8H,9H2,1-3H3. The van der Waals surface area contributed by atoms with E-state index in [1.807, 2.05) is 18.4 Å². The van der Waals surface area contributed by atoms with Gasteiger partial charge in [0, 0.05) is 22.6 Å². The van der Waals surface area contributed by atoms with Gasteiger partial charge in [0.05, 0.1) is 5.75 Å². The first-order valence-corrected chi connectivity index (χ1v) is 9.95. The van der Waals surface area contributed by atoms with Crippen molar-refractivity contribution in [3.05, 3.63) is 52.3 Å². The molecule has 0 fully saturated rings. The molecule has 0 bridgehead atoms. The molecule has 28 heavy (non-hydrogen) atoms. The molecule has 1 aromatic carbocycles. The summed E-state index contributed by atoms with van der Waals surface area (Å²) in [4.78, 5) is 12.6. The number of hydrogen-bond donors (Lipinski definition) is 0. The van der Waals surface area contributed by atoms with Crippen LogP contribution in [0.4, 0.5) is 13.2 Å². The lowest BCUT2D eigenvalue weighted by Crippen LogP contribution is -2.17. The van der Waals surface area contributed by atoms with Gasteiger partial charge >= 0.3 is 6.36 Å². The maximum atomic E-state index is 12.6. The number of hydrogen-bond acceptors (Lipinski definition) is 6. The van der Waals surface area contributed by atoms with Crippen LogP contribution in [0.1, 0.15) is 26.8 Å². The number of aromatic nitrogens is 3. The third-order valence-corrected chi connectivity index (χ3v) is 5.87. The normalized spacial score (nSPS) is 11.6. The molecule has 3 aromatic rings. The van der Waals surface area contributed by atoms with Gasteiger partial charge in [0.15, 0.2) is 10.1 Å². The first-order valence-electron chi connectivity index (χ1n) is 8.15. The fraction of sp³-hybridized carbons (Fsp3) is 0.278. The summed E-state index contributed by atoms with van der Waals surface area (Å²) in [6, 6.07) is 7.32. The van der Waals surface area contributed by atoms with Gasteiger partial charge < -0.3 is 9.30 Å². The molecule has 2 heterocycles. The second-order valence-electron chi connectivity index (χ2n) is 5.96. The van der Waals surface area contributed by atoms with E-state index in [2.05, 4.69) is 14.9 Å². The number of halogens is 3. The summed E-state index contributed by atoms with van der Waals surface area (Å²) < 4.78 is 43.4. The molecule has 0 aliphatic heterocycles. The van der Waals surface area contributed by atoms with Crippen LogP contribution in [0.15, 0.2) is 34.7 Å². The molecule has 0 saturated carbocycles. The van der Waals surface area contributed by atoms with E-state index in [-0.39, 0.29) is 17.3 Å². The SMILES string of the molecule is Cc1nnc(SCC(=O)c2cc(C)n(-c3ccc(OC(F)(F)F)cc3)c2C)s1. The van der Waals surface area contributed by atoms with Crippen molar-refractivity contribution in [3.8, 4) is 11.4 Å². The van der Waals surface area contributed by atoms with Gasteiger partial charge in [-0.1, -0.05) is 23.1 Å². The Kier molecular flexibility index (Phi) is 5.80. The number of carbonyl (C=O) groups is 1. The molecule has 0 N–H and O–H groups in total. The summed E-state index contributed by atoms with van der Waals surface area (Å²) >= 11 is 2.76. The van der Waals surface area contributed by atoms with Gasteiger partial charge in [0.25, 0.3) is 0 Å². The molecule has 0 amide bonds. The van der Waals surface area contributed by atoms with E-state index < -0.39 is 6.36 Å². The topological polar surface area (TPSA) is 57.0 Å². The monoisotopic (exact) mass is 427 g/mol. The smallest absolute Gasteiger partial charge is 0.406 e. The number of ketones is 1. The summed E-state index contributed by atoms with van der Waals surface area (Å²) in [7, 11) is 0. The first kappa shape index (κ1) is 20.4. The Morgan fingerprint density at radius 1 is 1.18 bits per heavy atom. The summed E-state index contributed by atoms with van der Waals surface area (Å²) in [5, 5.41) is 8.75. The van der Waals surface area contributed by atoms with Crippen LogP contribution in [-0.4, -0.2) is 32.7 Å². The van der Waals surface area contributed by atoms with Crippen molar-refractivity contribution < 1.29 is 22.7 Å². The molecule has 0 spiro atoms. The van der Waals surface area contributed by atoms with E-state index in [9.17, 15) is 18.0 Å². The molecule has 0 saturated heterocycles. The van der Waals surface area contributed by atoms with Crippen LogP contribution in [0.25, 0.3) is 5.69 Å². The van der Waals surface area contributed by atoms with E-state index in [0.717, 1.165) is 20.7 Å². The lowest BCUT2D eigenvalue weighted by molar-refractivity contribution is -0.274. The van der Waals surface area contributed by atoms with Crippen molar-refractivity contribution in [2.75, 3.05) is 5.75 Å². The van der Waals surface area contributed by atoms with E-state index >= 15 is 0 Å². The van der Waals surface area contributed by atoms with Gasteiger partial charge in [-0.05, 0) is 51.1 Å². The molecule has 0 aliphatic carbocycles. The minimum atomic E-state index is -4.73. The molecule has 2 aromatic heterocycles. The van der Waals surface area contributed by atoms with Crippen molar-refractivity contribution in [2.45, 2.75) is 31.5 Å². The summed E-state index contributed by atoms with van der Waals surface area (Å²) in [5.41, 5.74) is 2.75. The third kappa shape index (κ3) is 4.74. The van der Waals surface area contributed by atoms with E-state index in [4.69, 9.17) is 0 Å². The summed E-state index contributed by atoms with van der Waals surface area (Å²) in [6.45, 7) is 5.49. The molecular formula is C18H16F3N3O2S2. The van der Waals surface area contributed by atoms with E-state index in [0.29, 0.717) is 11.3 Å². The Morgan fingerprint density at radius 3 is 2.43 bits per heavy atom. The van der Waals surface area contributed by atoms with Crippen LogP contribution < -0.4 is 4.74 Å². The van der Waals surface area contributed by atoms with Crippen molar-refractivity contribution >= 4 is 28.9 Å². The Labute approximate surface area is 167 Å². The second-order valence-corrected chi connectivity index (χ2v) is 8.36. The van der Waals surface area contributed by atoms with Gasteiger partial charge in [0.1, 0.15) is 10.8 Å². The van der Waals surface area contributed by atoms with Crippen LogP contribution in [-0.2, 0) is 0 Å². The van der Waals surface area contributed by atoms with Crippen molar-refractivity contribution in [1.82, 2.24) is 14.8 Å². The Hall–Kier alpha value is -2.33. The largest absolute Gasteiger partial charge is 0.573 e. The lowest BCUT2D eigenvalue weighted by Gasteiger charge is -2.12. The van der Waals surface area contributed by atoms with Gasteiger partial charge in [0.2, 0.25) is 0 Å². The molecule has 0 radical (unpaired) electrons. The summed E-state index contributed by atoms with van der Waals surface area (Å²) in [6.07, 6.45) is -4.73. The van der Waals surface area contributed by atoms with Crippen LogP contribution in [0.5, 0.6) is 5.75 Å². The number of thioether (sulfide) groups is 1. The average Bonchev–Trinajstić information content (AvgIpc) is 3.15. The fourth-order valence-electron chi connectivity index (χ4n) is 2.78. The zero-order valence-electron chi connectivity index (χ0n) is 15.2. The average molecular weight is 427 g/mol. The highest BCUT2D eigenvalue weighted by Crippen LogP contribution is 2.28. The molecule has 3 rings (SSSR count). The third-order valence-electron chi connectivity index (χ3n) is 3.89. The molecule has 5 nitrogen and oxygen atoms in total. The van der Waals surface area contributed by atoms with Crippen LogP contribution in [0.3, 0.4) is 0 Å². The molecular weight excluding hydrogens is 411 g/mol. The molecule has 0 aliphatic rings. The number of nitrogens with zero attached hydrogens (tertiary/aromatic N) is 3. The van der Waals surface area contributed by atoms with Gasteiger partial charge in [-0.3, -0.25) is 4.79 Å². The number of rotatable bonds is 6. The maximum Gasteiger partial charge on any atom is 0.573 e.